The van der Waals surface area contributed by atoms with Crippen LogP contribution in [0.15, 0.2) is 30.3 Å². The number of fused-ring (bicyclic) bond motifs is 1. The summed E-state index contributed by atoms with van der Waals surface area (Å²) in [4.78, 5) is 3.04. The lowest BCUT2D eigenvalue weighted by Crippen LogP contribution is -2.20. The molecular weight excluding hydrogens is 282 g/mol. The highest BCUT2D eigenvalue weighted by molar-refractivity contribution is 7.12. The monoisotopic (exact) mass is 303 g/mol. The zero-order chi connectivity index (χ0) is 14.5. The minimum atomic E-state index is 0.644. The number of thiophene rings is 1. The first kappa shape index (κ1) is 14.4. The van der Waals surface area contributed by atoms with Crippen LogP contribution < -0.4 is 14.8 Å². The summed E-state index contributed by atoms with van der Waals surface area (Å²) in [6.45, 7) is 2.42. The summed E-state index contributed by atoms with van der Waals surface area (Å²) < 4.78 is 11.0. The number of benzene rings is 1. The molecule has 3 nitrogen and oxygen atoms in total. The molecule has 3 rings (SSSR count). The van der Waals surface area contributed by atoms with Crippen molar-refractivity contribution in [1.29, 1.82) is 0 Å². The van der Waals surface area contributed by atoms with Crippen molar-refractivity contribution in [3.05, 3.63) is 45.6 Å². The van der Waals surface area contributed by atoms with Crippen LogP contribution in [0.5, 0.6) is 11.5 Å². The zero-order valence-corrected chi connectivity index (χ0v) is 13.2. The van der Waals surface area contributed by atoms with Crippen LogP contribution in [0.2, 0.25) is 0 Å². The van der Waals surface area contributed by atoms with Gasteiger partial charge in [0.2, 0.25) is 0 Å². The van der Waals surface area contributed by atoms with Crippen molar-refractivity contribution in [1.82, 2.24) is 5.32 Å². The third-order valence-electron chi connectivity index (χ3n) is 3.70. The summed E-state index contributed by atoms with van der Waals surface area (Å²) in [6, 6.07) is 10.1. The minimum Gasteiger partial charge on any atom is -0.493 e. The van der Waals surface area contributed by atoms with Gasteiger partial charge in [-0.2, -0.15) is 0 Å². The number of aryl methyl sites for hydroxylation is 2. The third kappa shape index (κ3) is 3.57. The van der Waals surface area contributed by atoms with Crippen LogP contribution in [0.1, 0.15) is 21.7 Å². The van der Waals surface area contributed by atoms with Gasteiger partial charge in [-0.1, -0.05) is 12.1 Å². The first-order valence-electron chi connectivity index (χ1n) is 7.44. The second-order valence-corrected chi connectivity index (χ2v) is 6.41. The topological polar surface area (TPSA) is 30.5 Å². The van der Waals surface area contributed by atoms with Gasteiger partial charge in [0.15, 0.2) is 11.5 Å². The molecule has 0 spiro atoms. The fourth-order valence-electron chi connectivity index (χ4n) is 2.66. The Bertz CT molecular complexity index is 573. The first-order chi connectivity index (χ1) is 10.4. The number of para-hydroxylation sites is 2. The largest absolute Gasteiger partial charge is 0.493 e. The van der Waals surface area contributed by atoms with Gasteiger partial charge >= 0.3 is 0 Å². The molecule has 1 aromatic carbocycles. The second kappa shape index (κ2) is 6.96. The molecule has 2 aromatic rings. The van der Waals surface area contributed by atoms with Crippen molar-refractivity contribution in [2.24, 2.45) is 0 Å². The van der Waals surface area contributed by atoms with E-state index in [1.165, 1.54) is 24.1 Å². The molecule has 1 aliphatic rings. The molecule has 0 unspecified atom stereocenters. The van der Waals surface area contributed by atoms with Gasteiger partial charge in [0, 0.05) is 22.8 Å². The number of methoxy groups -OCH3 is 1. The highest BCUT2D eigenvalue weighted by atomic mass is 32.1. The van der Waals surface area contributed by atoms with E-state index in [2.05, 4.69) is 11.4 Å². The molecule has 1 aliphatic carbocycles. The van der Waals surface area contributed by atoms with Gasteiger partial charge in [0.05, 0.1) is 7.11 Å². The fraction of sp³-hybridized carbons (Fsp3) is 0.412. The van der Waals surface area contributed by atoms with Gasteiger partial charge in [-0.3, -0.25) is 0 Å². The number of nitrogens with one attached hydrogen (secondary N) is 1. The van der Waals surface area contributed by atoms with Crippen LogP contribution >= 0.6 is 11.3 Å². The van der Waals surface area contributed by atoms with Gasteiger partial charge in [-0.15, -0.1) is 11.3 Å². The predicted octanol–water partition coefficient (Wildman–Crippen LogP) is 3.41. The molecule has 0 bridgehead atoms. The Morgan fingerprint density at radius 1 is 1.19 bits per heavy atom. The second-order valence-electron chi connectivity index (χ2n) is 5.19. The van der Waals surface area contributed by atoms with Crippen molar-refractivity contribution < 1.29 is 9.47 Å². The van der Waals surface area contributed by atoms with Crippen LogP contribution in [-0.4, -0.2) is 20.3 Å². The summed E-state index contributed by atoms with van der Waals surface area (Å²) in [5.74, 6) is 1.59. The van der Waals surface area contributed by atoms with Crippen LogP contribution in [0, 0.1) is 0 Å². The Balaban J connectivity index is 1.40. The molecule has 1 N–H and O–H groups in total. The van der Waals surface area contributed by atoms with Crippen molar-refractivity contribution in [2.45, 2.75) is 25.8 Å². The molecule has 0 radical (unpaired) electrons. The molecule has 0 fully saturated rings. The SMILES string of the molecule is COc1ccccc1OCCNCc1cc2c(s1)CCC2. The molecule has 4 heteroatoms. The lowest BCUT2D eigenvalue weighted by atomic mass is 10.2. The van der Waals surface area contributed by atoms with Crippen molar-refractivity contribution >= 4 is 11.3 Å². The lowest BCUT2D eigenvalue weighted by Gasteiger charge is -2.10. The number of hydrogen-bond acceptors (Lipinski definition) is 4. The standard InChI is InChI=1S/C17H21NO2S/c1-19-15-6-2-3-7-16(15)20-10-9-18-12-14-11-13-5-4-8-17(13)21-14/h2-3,6-7,11,18H,4-5,8-10,12H2,1H3. The summed E-state index contributed by atoms with van der Waals surface area (Å²) in [5, 5.41) is 3.44. The van der Waals surface area contributed by atoms with Crippen LogP contribution in [-0.2, 0) is 19.4 Å². The van der Waals surface area contributed by atoms with Gasteiger partial charge in [-0.25, -0.2) is 0 Å². The summed E-state index contributed by atoms with van der Waals surface area (Å²) in [6.07, 6.45) is 3.88. The molecule has 0 amide bonds. The molecular formula is C17H21NO2S. The van der Waals surface area contributed by atoms with Crippen LogP contribution in [0.25, 0.3) is 0 Å². The quantitative estimate of drug-likeness (QED) is 0.795. The van der Waals surface area contributed by atoms with E-state index in [9.17, 15) is 0 Å². The molecule has 21 heavy (non-hydrogen) atoms. The summed E-state index contributed by atoms with van der Waals surface area (Å²) >= 11 is 1.96. The van der Waals surface area contributed by atoms with E-state index in [1.807, 2.05) is 35.6 Å². The summed E-state index contributed by atoms with van der Waals surface area (Å²) in [5.41, 5.74) is 1.57. The number of rotatable bonds is 7. The van der Waals surface area contributed by atoms with Gasteiger partial charge in [0.1, 0.15) is 6.61 Å². The maximum absolute atomic E-state index is 5.74. The van der Waals surface area contributed by atoms with E-state index >= 15 is 0 Å². The van der Waals surface area contributed by atoms with Gasteiger partial charge in [-0.05, 0) is 43.0 Å². The van der Waals surface area contributed by atoms with Crippen molar-refractivity contribution in [3.63, 3.8) is 0 Å². The Hall–Kier alpha value is -1.52. The molecule has 0 saturated heterocycles. The van der Waals surface area contributed by atoms with Gasteiger partial charge in [0.25, 0.3) is 0 Å². The van der Waals surface area contributed by atoms with E-state index in [0.29, 0.717) is 6.61 Å². The molecule has 1 heterocycles. The molecule has 0 aliphatic heterocycles. The Morgan fingerprint density at radius 3 is 2.86 bits per heavy atom. The molecule has 0 saturated carbocycles. The van der Waals surface area contributed by atoms with Crippen LogP contribution in [0.4, 0.5) is 0 Å². The Morgan fingerprint density at radius 2 is 2.05 bits per heavy atom. The smallest absolute Gasteiger partial charge is 0.161 e. The predicted molar refractivity (Wildman–Crippen MR) is 86.5 cm³/mol. The third-order valence-corrected chi connectivity index (χ3v) is 4.94. The molecule has 112 valence electrons. The maximum atomic E-state index is 5.74. The minimum absolute atomic E-state index is 0.644. The average Bonchev–Trinajstić information content (AvgIpc) is 3.08. The van der Waals surface area contributed by atoms with E-state index in [-0.39, 0.29) is 0 Å². The first-order valence-corrected chi connectivity index (χ1v) is 8.25. The lowest BCUT2D eigenvalue weighted by molar-refractivity contribution is 0.292. The van der Waals surface area contributed by atoms with Gasteiger partial charge < -0.3 is 14.8 Å². The van der Waals surface area contributed by atoms with E-state index in [1.54, 1.807) is 17.6 Å². The molecule has 0 atom stereocenters. The van der Waals surface area contributed by atoms with E-state index in [4.69, 9.17) is 9.47 Å². The highest BCUT2D eigenvalue weighted by Crippen LogP contribution is 2.30. The average molecular weight is 303 g/mol. The highest BCUT2D eigenvalue weighted by Gasteiger charge is 2.14. The van der Waals surface area contributed by atoms with Crippen molar-refractivity contribution in [3.8, 4) is 11.5 Å². The fourth-order valence-corrected chi connectivity index (χ4v) is 3.89. The normalized spacial score (nSPS) is 13.2. The van der Waals surface area contributed by atoms with E-state index < -0.39 is 0 Å². The summed E-state index contributed by atoms with van der Waals surface area (Å²) in [7, 11) is 1.66. The zero-order valence-electron chi connectivity index (χ0n) is 12.4. The number of ether oxygens (including phenoxy) is 2. The van der Waals surface area contributed by atoms with E-state index in [0.717, 1.165) is 24.6 Å². The number of hydrogen-bond donors (Lipinski definition) is 1. The van der Waals surface area contributed by atoms with Crippen molar-refractivity contribution in [2.75, 3.05) is 20.3 Å². The maximum Gasteiger partial charge on any atom is 0.161 e. The molecule has 1 aromatic heterocycles. The van der Waals surface area contributed by atoms with Crippen LogP contribution in [0.3, 0.4) is 0 Å². The Labute approximate surface area is 129 Å². The Kier molecular flexibility index (Phi) is 4.78.